The predicted octanol–water partition coefficient (Wildman–Crippen LogP) is 0.326. The molecule has 0 fully saturated rings. The lowest BCUT2D eigenvalue weighted by molar-refractivity contribution is -0.114. The third-order valence-corrected chi connectivity index (χ3v) is 1.62. The minimum atomic E-state index is -0.603. The van der Waals surface area contributed by atoms with Gasteiger partial charge in [0.05, 0.1) is 11.3 Å². The average Bonchev–Trinajstić information content (AvgIpc) is 2.01. The number of amides is 2. The van der Waals surface area contributed by atoms with E-state index in [4.69, 9.17) is 11.5 Å². The molecule has 74 valence electrons. The number of hydrogen-bond acceptors (Lipinski definition) is 3. The van der Waals surface area contributed by atoms with Crippen molar-refractivity contribution in [3.63, 3.8) is 0 Å². The summed E-state index contributed by atoms with van der Waals surface area (Å²) in [6.07, 6.45) is 0. The van der Waals surface area contributed by atoms with Crippen molar-refractivity contribution in [2.75, 3.05) is 11.1 Å². The number of benzene rings is 1. The number of carbonyl (C=O) groups is 2. The summed E-state index contributed by atoms with van der Waals surface area (Å²) in [4.78, 5) is 21.7. The van der Waals surface area contributed by atoms with Crippen molar-refractivity contribution in [2.24, 2.45) is 5.73 Å². The van der Waals surface area contributed by atoms with Crippen LogP contribution in [-0.4, -0.2) is 11.8 Å². The Hall–Kier alpha value is -2.04. The molecule has 0 saturated heterocycles. The quantitative estimate of drug-likeness (QED) is 0.590. The molecule has 1 aromatic rings. The van der Waals surface area contributed by atoms with Crippen LogP contribution in [0.1, 0.15) is 17.3 Å². The first-order valence-corrected chi connectivity index (χ1v) is 3.97. The number of nitrogens with two attached hydrogens (primary N) is 2. The number of carbonyl (C=O) groups excluding carboxylic acids is 2. The Kier molecular flexibility index (Phi) is 2.71. The summed E-state index contributed by atoms with van der Waals surface area (Å²) in [6.45, 7) is 1.34. The van der Waals surface area contributed by atoms with Gasteiger partial charge in [0.25, 0.3) is 5.91 Å². The third-order valence-electron chi connectivity index (χ3n) is 1.62. The molecule has 0 unspecified atom stereocenters. The summed E-state index contributed by atoms with van der Waals surface area (Å²) in [5.41, 5.74) is 11.6. The van der Waals surface area contributed by atoms with Crippen LogP contribution < -0.4 is 16.8 Å². The highest BCUT2D eigenvalue weighted by Crippen LogP contribution is 2.18. The Morgan fingerprint density at radius 3 is 2.50 bits per heavy atom. The van der Waals surface area contributed by atoms with Crippen molar-refractivity contribution in [3.8, 4) is 0 Å². The highest BCUT2D eigenvalue weighted by atomic mass is 16.2. The summed E-state index contributed by atoms with van der Waals surface area (Å²) in [5, 5.41) is 2.48. The number of anilines is 2. The number of primary amides is 1. The number of rotatable bonds is 2. The van der Waals surface area contributed by atoms with Gasteiger partial charge in [0.1, 0.15) is 0 Å². The summed E-state index contributed by atoms with van der Waals surface area (Å²) in [6, 6.07) is 4.51. The van der Waals surface area contributed by atoms with Gasteiger partial charge in [-0.15, -0.1) is 0 Å². The fourth-order valence-electron chi connectivity index (χ4n) is 1.07. The molecule has 0 heterocycles. The van der Waals surface area contributed by atoms with Crippen LogP contribution in [0.3, 0.4) is 0 Å². The van der Waals surface area contributed by atoms with Crippen LogP contribution in [0.5, 0.6) is 0 Å². The van der Waals surface area contributed by atoms with E-state index < -0.39 is 5.91 Å². The van der Waals surface area contributed by atoms with E-state index in [9.17, 15) is 9.59 Å². The van der Waals surface area contributed by atoms with E-state index in [1.165, 1.54) is 19.1 Å². The van der Waals surface area contributed by atoms with Gasteiger partial charge in [-0.1, -0.05) is 0 Å². The molecule has 0 aliphatic rings. The molecule has 0 bridgehead atoms. The summed E-state index contributed by atoms with van der Waals surface area (Å²) >= 11 is 0. The molecule has 5 heteroatoms. The van der Waals surface area contributed by atoms with Crippen molar-refractivity contribution in [1.82, 2.24) is 0 Å². The van der Waals surface area contributed by atoms with E-state index in [1.54, 1.807) is 6.07 Å². The second-order valence-electron chi connectivity index (χ2n) is 2.85. The van der Waals surface area contributed by atoms with Gasteiger partial charge >= 0.3 is 0 Å². The first-order valence-electron chi connectivity index (χ1n) is 3.97. The minimum Gasteiger partial charge on any atom is -0.399 e. The molecule has 5 nitrogen and oxygen atoms in total. The highest BCUT2D eigenvalue weighted by molar-refractivity contribution is 6.03. The lowest BCUT2D eigenvalue weighted by Crippen LogP contribution is -2.16. The van der Waals surface area contributed by atoms with Crippen LogP contribution in [0, 0.1) is 0 Å². The van der Waals surface area contributed by atoms with Crippen LogP contribution in [0.4, 0.5) is 11.4 Å². The van der Waals surface area contributed by atoms with Crippen molar-refractivity contribution in [2.45, 2.75) is 6.92 Å². The van der Waals surface area contributed by atoms with Gasteiger partial charge in [0, 0.05) is 12.6 Å². The zero-order valence-corrected chi connectivity index (χ0v) is 7.70. The van der Waals surface area contributed by atoms with Crippen molar-refractivity contribution < 1.29 is 9.59 Å². The molecule has 0 saturated carbocycles. The summed E-state index contributed by atoms with van der Waals surface area (Å²) < 4.78 is 0. The zero-order valence-electron chi connectivity index (χ0n) is 7.70. The van der Waals surface area contributed by atoms with Crippen LogP contribution in [0.15, 0.2) is 18.2 Å². The molecule has 0 radical (unpaired) electrons. The van der Waals surface area contributed by atoms with Gasteiger partial charge in [-0.25, -0.2) is 0 Å². The molecule has 2 amide bonds. The molecular formula is C9H11N3O2. The van der Waals surface area contributed by atoms with Gasteiger partial charge in [-0.05, 0) is 18.2 Å². The van der Waals surface area contributed by atoms with E-state index in [0.717, 1.165) is 0 Å². The van der Waals surface area contributed by atoms with Gasteiger partial charge in [0.2, 0.25) is 5.91 Å². The third kappa shape index (κ3) is 2.22. The molecule has 5 N–H and O–H groups in total. The van der Waals surface area contributed by atoms with Crippen molar-refractivity contribution >= 4 is 23.2 Å². The molecule has 1 aromatic carbocycles. The standard InChI is InChI=1S/C9H11N3O2/c1-5(13)12-8-4-6(10)2-3-7(8)9(11)14/h2-4H,10H2,1H3,(H2,11,14)(H,12,13). The number of hydrogen-bond donors (Lipinski definition) is 3. The Labute approximate surface area is 81.1 Å². The topological polar surface area (TPSA) is 98.2 Å². The lowest BCUT2D eigenvalue weighted by atomic mass is 10.1. The SMILES string of the molecule is CC(=O)Nc1cc(N)ccc1C(N)=O. The largest absolute Gasteiger partial charge is 0.399 e. The van der Waals surface area contributed by atoms with Crippen molar-refractivity contribution in [3.05, 3.63) is 23.8 Å². The fourth-order valence-corrected chi connectivity index (χ4v) is 1.07. The average molecular weight is 193 g/mol. The van der Waals surface area contributed by atoms with E-state index in [0.29, 0.717) is 11.4 Å². The molecule has 0 spiro atoms. The first-order chi connectivity index (χ1) is 6.50. The number of nitrogens with one attached hydrogen (secondary N) is 1. The fraction of sp³-hybridized carbons (Fsp3) is 0.111. The molecule has 0 aliphatic carbocycles. The van der Waals surface area contributed by atoms with Crippen LogP contribution in [0.25, 0.3) is 0 Å². The zero-order chi connectivity index (χ0) is 10.7. The van der Waals surface area contributed by atoms with Crippen LogP contribution in [0.2, 0.25) is 0 Å². The van der Waals surface area contributed by atoms with Gasteiger partial charge in [-0.3, -0.25) is 9.59 Å². The second kappa shape index (κ2) is 3.78. The summed E-state index contributed by atoms with van der Waals surface area (Å²) in [5.74, 6) is -0.883. The van der Waals surface area contributed by atoms with Crippen LogP contribution >= 0.6 is 0 Å². The molecule has 0 atom stereocenters. The van der Waals surface area contributed by atoms with Gasteiger partial charge in [0.15, 0.2) is 0 Å². The smallest absolute Gasteiger partial charge is 0.250 e. The maximum atomic E-state index is 10.9. The lowest BCUT2D eigenvalue weighted by Gasteiger charge is -2.07. The molecule has 0 aliphatic heterocycles. The Bertz CT molecular complexity index is 388. The normalized spacial score (nSPS) is 9.50. The van der Waals surface area contributed by atoms with Crippen molar-refractivity contribution in [1.29, 1.82) is 0 Å². The van der Waals surface area contributed by atoms with E-state index in [2.05, 4.69) is 5.32 Å². The molecule has 1 rings (SSSR count). The van der Waals surface area contributed by atoms with E-state index in [1.807, 2.05) is 0 Å². The number of nitrogen functional groups attached to an aromatic ring is 1. The monoisotopic (exact) mass is 193 g/mol. The Morgan fingerprint density at radius 2 is 2.00 bits per heavy atom. The summed E-state index contributed by atoms with van der Waals surface area (Å²) in [7, 11) is 0. The highest BCUT2D eigenvalue weighted by Gasteiger charge is 2.08. The maximum absolute atomic E-state index is 10.9. The van der Waals surface area contributed by atoms with Crippen LogP contribution in [-0.2, 0) is 4.79 Å². The van der Waals surface area contributed by atoms with Gasteiger partial charge < -0.3 is 16.8 Å². The molecule has 14 heavy (non-hydrogen) atoms. The molecule has 0 aromatic heterocycles. The molecular weight excluding hydrogens is 182 g/mol. The minimum absolute atomic E-state index is 0.245. The Morgan fingerprint density at radius 1 is 1.36 bits per heavy atom. The second-order valence-corrected chi connectivity index (χ2v) is 2.85. The maximum Gasteiger partial charge on any atom is 0.250 e. The van der Waals surface area contributed by atoms with E-state index >= 15 is 0 Å². The first kappa shape index (κ1) is 10.0. The Balaban J connectivity index is 3.15. The van der Waals surface area contributed by atoms with Gasteiger partial charge in [-0.2, -0.15) is 0 Å². The predicted molar refractivity (Wildman–Crippen MR) is 53.7 cm³/mol. The van der Waals surface area contributed by atoms with E-state index in [-0.39, 0.29) is 11.5 Å².